The Kier molecular flexibility index (Phi) is 6.59. The fraction of sp³-hybridized carbons (Fsp3) is 0.765. The summed E-state index contributed by atoms with van der Waals surface area (Å²) in [4.78, 5) is 11.6. The SMILES string of the molecule is CCCCN(C)c1cnc(C(C)C)nc1CNC(C)(C)C. The van der Waals surface area contributed by atoms with Crippen LogP contribution in [0.3, 0.4) is 0 Å². The first kappa shape index (κ1) is 17.9. The van der Waals surface area contributed by atoms with E-state index in [1.165, 1.54) is 12.8 Å². The summed E-state index contributed by atoms with van der Waals surface area (Å²) in [5, 5.41) is 3.54. The molecular weight excluding hydrogens is 260 g/mol. The lowest BCUT2D eigenvalue weighted by molar-refractivity contribution is 0.420. The van der Waals surface area contributed by atoms with Gasteiger partial charge in [-0.2, -0.15) is 0 Å². The second-order valence-corrected chi connectivity index (χ2v) is 7.09. The third-order valence-corrected chi connectivity index (χ3v) is 3.43. The molecule has 120 valence electrons. The van der Waals surface area contributed by atoms with Crippen molar-refractivity contribution in [2.45, 2.75) is 72.4 Å². The molecule has 0 bridgehead atoms. The van der Waals surface area contributed by atoms with Crippen LogP contribution in [0.25, 0.3) is 0 Å². The van der Waals surface area contributed by atoms with Crippen LogP contribution in [0.2, 0.25) is 0 Å². The van der Waals surface area contributed by atoms with Gasteiger partial charge in [0, 0.05) is 31.6 Å². The quantitative estimate of drug-likeness (QED) is 0.831. The van der Waals surface area contributed by atoms with Crippen LogP contribution in [-0.2, 0) is 6.54 Å². The molecule has 1 aromatic rings. The smallest absolute Gasteiger partial charge is 0.131 e. The molecule has 0 saturated carbocycles. The molecule has 0 aliphatic rings. The van der Waals surface area contributed by atoms with Gasteiger partial charge in [0.15, 0.2) is 0 Å². The summed E-state index contributed by atoms with van der Waals surface area (Å²) in [6.07, 6.45) is 4.37. The minimum atomic E-state index is 0.0855. The lowest BCUT2D eigenvalue weighted by Gasteiger charge is -2.25. The molecule has 0 aliphatic carbocycles. The van der Waals surface area contributed by atoms with Crippen LogP contribution in [-0.4, -0.2) is 29.1 Å². The van der Waals surface area contributed by atoms with Crippen LogP contribution in [0.1, 0.15) is 71.8 Å². The maximum atomic E-state index is 4.79. The van der Waals surface area contributed by atoms with Crippen molar-refractivity contribution in [3.63, 3.8) is 0 Å². The molecule has 0 atom stereocenters. The van der Waals surface area contributed by atoms with Crippen molar-refractivity contribution in [2.24, 2.45) is 0 Å². The zero-order valence-corrected chi connectivity index (χ0v) is 14.8. The molecule has 0 amide bonds. The summed E-state index contributed by atoms with van der Waals surface area (Å²) in [6, 6.07) is 0. The molecule has 0 radical (unpaired) electrons. The zero-order chi connectivity index (χ0) is 16.0. The van der Waals surface area contributed by atoms with Crippen molar-refractivity contribution in [1.29, 1.82) is 0 Å². The van der Waals surface area contributed by atoms with Crippen molar-refractivity contribution >= 4 is 5.69 Å². The van der Waals surface area contributed by atoms with E-state index in [4.69, 9.17) is 4.98 Å². The minimum absolute atomic E-state index is 0.0855. The first-order chi connectivity index (χ1) is 9.74. The normalized spacial score (nSPS) is 12.0. The Morgan fingerprint density at radius 2 is 1.95 bits per heavy atom. The van der Waals surface area contributed by atoms with E-state index in [-0.39, 0.29) is 5.54 Å². The van der Waals surface area contributed by atoms with Gasteiger partial charge < -0.3 is 10.2 Å². The summed E-state index contributed by atoms with van der Waals surface area (Å²) in [7, 11) is 2.13. The van der Waals surface area contributed by atoms with E-state index in [1.54, 1.807) is 0 Å². The van der Waals surface area contributed by atoms with E-state index in [2.05, 4.69) is 63.8 Å². The van der Waals surface area contributed by atoms with E-state index in [0.717, 1.165) is 30.3 Å². The molecule has 0 fully saturated rings. The highest BCUT2D eigenvalue weighted by Crippen LogP contribution is 2.20. The summed E-state index contributed by atoms with van der Waals surface area (Å²) >= 11 is 0. The predicted octanol–water partition coefficient (Wildman–Crippen LogP) is 3.72. The lowest BCUT2D eigenvalue weighted by atomic mass is 10.1. The third kappa shape index (κ3) is 6.00. The van der Waals surface area contributed by atoms with Gasteiger partial charge in [-0.1, -0.05) is 27.2 Å². The van der Waals surface area contributed by atoms with E-state index < -0.39 is 0 Å². The van der Waals surface area contributed by atoms with Gasteiger partial charge in [0.2, 0.25) is 0 Å². The Morgan fingerprint density at radius 3 is 2.48 bits per heavy atom. The molecule has 0 saturated heterocycles. The molecule has 4 heteroatoms. The Hall–Kier alpha value is -1.16. The first-order valence-corrected chi connectivity index (χ1v) is 8.06. The van der Waals surface area contributed by atoms with E-state index >= 15 is 0 Å². The average Bonchev–Trinajstić information content (AvgIpc) is 2.41. The van der Waals surface area contributed by atoms with Crippen LogP contribution < -0.4 is 10.2 Å². The summed E-state index contributed by atoms with van der Waals surface area (Å²) < 4.78 is 0. The Balaban J connectivity index is 2.99. The molecule has 1 N–H and O–H groups in total. The van der Waals surface area contributed by atoms with Crippen molar-refractivity contribution in [3.8, 4) is 0 Å². The van der Waals surface area contributed by atoms with Gasteiger partial charge in [-0.15, -0.1) is 0 Å². The maximum absolute atomic E-state index is 4.79. The molecule has 1 rings (SSSR count). The van der Waals surface area contributed by atoms with Gasteiger partial charge in [-0.25, -0.2) is 9.97 Å². The topological polar surface area (TPSA) is 41.1 Å². The number of hydrogen-bond acceptors (Lipinski definition) is 4. The van der Waals surface area contributed by atoms with Crippen molar-refractivity contribution < 1.29 is 0 Å². The lowest BCUT2D eigenvalue weighted by Crippen LogP contribution is -2.36. The first-order valence-electron chi connectivity index (χ1n) is 8.06. The second-order valence-electron chi connectivity index (χ2n) is 7.09. The van der Waals surface area contributed by atoms with Crippen LogP contribution in [0.15, 0.2) is 6.20 Å². The summed E-state index contributed by atoms with van der Waals surface area (Å²) in [5.41, 5.74) is 2.33. The van der Waals surface area contributed by atoms with Gasteiger partial charge in [-0.05, 0) is 27.2 Å². The van der Waals surface area contributed by atoms with Gasteiger partial charge in [0.1, 0.15) is 5.82 Å². The average molecular weight is 292 g/mol. The number of unbranched alkanes of at least 4 members (excludes halogenated alkanes) is 1. The predicted molar refractivity (Wildman–Crippen MR) is 90.9 cm³/mol. The zero-order valence-electron chi connectivity index (χ0n) is 14.8. The van der Waals surface area contributed by atoms with E-state index in [9.17, 15) is 0 Å². The van der Waals surface area contributed by atoms with Gasteiger partial charge in [0.25, 0.3) is 0 Å². The fourth-order valence-corrected chi connectivity index (χ4v) is 2.02. The summed E-state index contributed by atoms with van der Waals surface area (Å²) in [5.74, 6) is 1.28. The highest BCUT2D eigenvalue weighted by molar-refractivity contribution is 5.48. The van der Waals surface area contributed by atoms with Gasteiger partial charge in [0.05, 0.1) is 17.6 Å². The number of hydrogen-bond donors (Lipinski definition) is 1. The molecule has 1 aromatic heterocycles. The van der Waals surface area contributed by atoms with Crippen LogP contribution >= 0.6 is 0 Å². The molecule has 21 heavy (non-hydrogen) atoms. The van der Waals surface area contributed by atoms with Crippen LogP contribution in [0, 0.1) is 0 Å². The van der Waals surface area contributed by atoms with E-state index in [1.807, 2.05) is 6.20 Å². The second kappa shape index (κ2) is 7.74. The summed E-state index contributed by atoms with van der Waals surface area (Å²) in [6.45, 7) is 14.8. The molecule has 0 unspecified atom stereocenters. The highest BCUT2D eigenvalue weighted by atomic mass is 15.1. The van der Waals surface area contributed by atoms with Gasteiger partial charge >= 0.3 is 0 Å². The van der Waals surface area contributed by atoms with Crippen LogP contribution in [0.4, 0.5) is 5.69 Å². The number of rotatable bonds is 7. The number of nitrogens with one attached hydrogen (secondary N) is 1. The van der Waals surface area contributed by atoms with Crippen molar-refractivity contribution in [2.75, 3.05) is 18.5 Å². The molecule has 1 heterocycles. The largest absolute Gasteiger partial charge is 0.372 e. The highest BCUT2D eigenvalue weighted by Gasteiger charge is 2.15. The minimum Gasteiger partial charge on any atom is -0.372 e. The molecule has 0 aromatic carbocycles. The molecule has 0 aliphatic heterocycles. The molecular formula is C17H32N4. The van der Waals surface area contributed by atoms with Gasteiger partial charge in [-0.3, -0.25) is 0 Å². The Morgan fingerprint density at radius 1 is 1.29 bits per heavy atom. The molecule has 4 nitrogen and oxygen atoms in total. The number of aromatic nitrogens is 2. The Bertz CT molecular complexity index is 435. The number of anilines is 1. The molecule has 0 spiro atoms. The third-order valence-electron chi connectivity index (χ3n) is 3.43. The standard InChI is InChI=1S/C17H32N4/c1-8-9-10-21(7)15-12-18-16(13(2)3)20-14(15)11-19-17(4,5)6/h12-13,19H,8-11H2,1-7H3. The number of nitrogens with zero attached hydrogens (tertiary/aromatic N) is 3. The van der Waals surface area contributed by atoms with Crippen molar-refractivity contribution in [3.05, 3.63) is 17.7 Å². The van der Waals surface area contributed by atoms with E-state index in [0.29, 0.717) is 5.92 Å². The Labute approximate surface area is 130 Å². The fourth-order valence-electron chi connectivity index (χ4n) is 2.02. The van der Waals surface area contributed by atoms with Crippen molar-refractivity contribution in [1.82, 2.24) is 15.3 Å². The monoisotopic (exact) mass is 292 g/mol. The maximum Gasteiger partial charge on any atom is 0.131 e. The van der Waals surface area contributed by atoms with Crippen LogP contribution in [0.5, 0.6) is 0 Å².